The quantitative estimate of drug-likeness (QED) is 0.433. The number of benzene rings is 1. The highest BCUT2D eigenvalue weighted by molar-refractivity contribution is 5.76. The molecule has 6 heteroatoms. The molecule has 0 aliphatic heterocycles. The normalized spacial score (nSPS) is 15.7. The maximum Gasteiger partial charge on any atom is 0.315 e. The molecule has 1 aliphatic carbocycles. The highest BCUT2D eigenvalue weighted by Gasteiger charge is 2.46. The van der Waals surface area contributed by atoms with Gasteiger partial charge >= 0.3 is 6.03 Å². The second kappa shape index (κ2) is 6.58. The first-order valence-corrected chi connectivity index (χ1v) is 6.77. The molecule has 0 spiro atoms. The Bertz CT molecular complexity index is 461. The van der Waals surface area contributed by atoms with Crippen LogP contribution in [0.4, 0.5) is 10.5 Å². The summed E-state index contributed by atoms with van der Waals surface area (Å²) in [5.41, 5.74) is 7.33. The Balaban J connectivity index is 1.81. The predicted molar refractivity (Wildman–Crippen MR) is 76.2 cm³/mol. The predicted octanol–water partition coefficient (Wildman–Crippen LogP) is 0.566. The third kappa shape index (κ3) is 3.61. The minimum atomic E-state index is -0.318. The number of amides is 2. The van der Waals surface area contributed by atoms with Crippen molar-refractivity contribution in [2.24, 2.45) is 0 Å². The summed E-state index contributed by atoms with van der Waals surface area (Å²) in [6, 6.07) is 7.38. The van der Waals surface area contributed by atoms with Crippen LogP contribution in [0.15, 0.2) is 24.3 Å². The number of anilines is 1. The van der Waals surface area contributed by atoms with Gasteiger partial charge < -0.3 is 26.2 Å². The largest absolute Gasteiger partial charge is 0.398 e. The molecule has 6 nitrogen and oxygen atoms in total. The van der Waals surface area contributed by atoms with Gasteiger partial charge in [-0.15, -0.1) is 0 Å². The van der Waals surface area contributed by atoms with Crippen LogP contribution < -0.4 is 16.4 Å². The smallest absolute Gasteiger partial charge is 0.315 e. The van der Waals surface area contributed by atoms with Gasteiger partial charge in [0, 0.05) is 17.8 Å². The molecule has 0 unspecified atom stereocenters. The molecule has 2 amide bonds. The average Bonchev–Trinajstić information content (AvgIpc) is 3.19. The molecule has 1 aromatic rings. The van der Waals surface area contributed by atoms with E-state index in [9.17, 15) is 4.79 Å². The summed E-state index contributed by atoms with van der Waals surface area (Å²) in [5.74, 6) is 0. The average molecular weight is 279 g/mol. The van der Waals surface area contributed by atoms with E-state index in [1.165, 1.54) is 0 Å². The van der Waals surface area contributed by atoms with Gasteiger partial charge in [0.1, 0.15) is 0 Å². The summed E-state index contributed by atoms with van der Waals surface area (Å²) in [7, 11) is 0. The molecule has 2 rings (SSSR count). The van der Waals surface area contributed by atoms with Crippen molar-refractivity contribution in [1.29, 1.82) is 0 Å². The zero-order chi connectivity index (χ0) is 14.4. The second-order valence-corrected chi connectivity index (χ2v) is 4.89. The zero-order valence-corrected chi connectivity index (χ0v) is 11.4. The van der Waals surface area contributed by atoms with Gasteiger partial charge in [-0.3, -0.25) is 0 Å². The van der Waals surface area contributed by atoms with Crippen LogP contribution in [0, 0.1) is 0 Å². The van der Waals surface area contributed by atoms with Gasteiger partial charge in [-0.05, 0) is 18.9 Å². The van der Waals surface area contributed by atoms with Gasteiger partial charge in [-0.1, -0.05) is 18.2 Å². The van der Waals surface area contributed by atoms with Gasteiger partial charge in [0.15, 0.2) is 0 Å². The molecule has 1 aromatic carbocycles. The maximum atomic E-state index is 11.8. The lowest BCUT2D eigenvalue weighted by molar-refractivity contribution is 0.0946. The van der Waals surface area contributed by atoms with Gasteiger partial charge in [0.05, 0.1) is 25.4 Å². The lowest BCUT2D eigenvalue weighted by atomic mass is 10.0. The first kappa shape index (κ1) is 14.6. The maximum absolute atomic E-state index is 11.8. The Hall–Kier alpha value is -1.79. The number of aliphatic hydroxyl groups excluding tert-OH is 1. The first-order valence-electron chi connectivity index (χ1n) is 6.77. The zero-order valence-electron chi connectivity index (χ0n) is 11.4. The minimum absolute atomic E-state index is 0.0113. The third-order valence-corrected chi connectivity index (χ3v) is 3.35. The molecule has 0 atom stereocenters. The summed E-state index contributed by atoms with van der Waals surface area (Å²) in [6.45, 7) is 1.07. The number of aliphatic hydroxyl groups is 1. The van der Waals surface area contributed by atoms with Crippen molar-refractivity contribution >= 4 is 11.7 Å². The molecule has 1 fully saturated rings. The molecular weight excluding hydrogens is 258 g/mol. The van der Waals surface area contributed by atoms with E-state index in [1.807, 2.05) is 24.3 Å². The number of nitrogen functional groups attached to an aromatic ring is 1. The van der Waals surface area contributed by atoms with E-state index in [0.29, 0.717) is 18.8 Å². The fraction of sp³-hybridized carbons (Fsp3) is 0.500. The molecule has 1 aliphatic rings. The Morgan fingerprint density at radius 1 is 1.35 bits per heavy atom. The van der Waals surface area contributed by atoms with E-state index < -0.39 is 0 Å². The van der Waals surface area contributed by atoms with E-state index >= 15 is 0 Å². The van der Waals surface area contributed by atoms with Crippen LogP contribution in [0.1, 0.15) is 18.4 Å². The van der Waals surface area contributed by atoms with E-state index in [2.05, 4.69) is 10.6 Å². The number of para-hydroxylation sites is 1. The number of carbonyl (C=O) groups is 1. The molecule has 0 heterocycles. The number of rotatable bonds is 7. The number of hydrogen-bond donors (Lipinski definition) is 4. The lowest BCUT2D eigenvalue weighted by Gasteiger charge is -2.20. The van der Waals surface area contributed by atoms with Crippen molar-refractivity contribution in [2.75, 3.05) is 32.1 Å². The molecule has 0 saturated heterocycles. The number of nitrogens with one attached hydrogen (secondary N) is 2. The third-order valence-electron chi connectivity index (χ3n) is 3.35. The van der Waals surface area contributed by atoms with Crippen LogP contribution in [-0.4, -0.2) is 37.5 Å². The number of ether oxygens (including phenoxy) is 1. The highest BCUT2D eigenvalue weighted by Crippen LogP contribution is 2.47. The Morgan fingerprint density at radius 2 is 2.10 bits per heavy atom. The van der Waals surface area contributed by atoms with Gasteiger partial charge in [0.2, 0.25) is 0 Å². The molecule has 1 saturated carbocycles. The summed E-state index contributed by atoms with van der Waals surface area (Å²) in [6.07, 6.45) is 1.80. The van der Waals surface area contributed by atoms with Gasteiger partial charge in [0.25, 0.3) is 0 Å². The van der Waals surface area contributed by atoms with Crippen LogP contribution >= 0.6 is 0 Å². The number of nitrogens with two attached hydrogens (primary N) is 1. The Kier molecular flexibility index (Phi) is 4.81. The van der Waals surface area contributed by atoms with Crippen molar-refractivity contribution in [2.45, 2.75) is 18.4 Å². The van der Waals surface area contributed by atoms with Crippen molar-refractivity contribution in [1.82, 2.24) is 10.6 Å². The molecule has 0 bridgehead atoms. The fourth-order valence-corrected chi connectivity index (χ4v) is 2.18. The fourth-order valence-electron chi connectivity index (χ4n) is 2.18. The molecule has 0 radical (unpaired) electrons. The summed E-state index contributed by atoms with van der Waals surface area (Å²) >= 11 is 0. The monoisotopic (exact) mass is 279 g/mol. The van der Waals surface area contributed by atoms with Crippen molar-refractivity contribution in [3.05, 3.63) is 29.8 Å². The summed E-state index contributed by atoms with van der Waals surface area (Å²) < 4.78 is 5.07. The molecular formula is C14H21N3O3. The van der Waals surface area contributed by atoms with Crippen LogP contribution in [0.2, 0.25) is 0 Å². The standard InChI is InChI=1S/C14H21N3O3/c15-12-4-2-1-3-11(12)14(5-6-14)17-13(19)16-7-9-20-10-8-18/h1-4,18H,5-10,15H2,(H2,16,17,19). The van der Waals surface area contributed by atoms with Crippen LogP contribution in [0.5, 0.6) is 0 Å². The number of carbonyl (C=O) groups excluding carboxylic acids is 1. The van der Waals surface area contributed by atoms with Crippen LogP contribution in [0.3, 0.4) is 0 Å². The van der Waals surface area contributed by atoms with Crippen LogP contribution in [0.25, 0.3) is 0 Å². The van der Waals surface area contributed by atoms with Gasteiger partial charge in [-0.25, -0.2) is 4.79 Å². The molecule has 110 valence electrons. The van der Waals surface area contributed by atoms with E-state index in [-0.39, 0.29) is 24.8 Å². The van der Waals surface area contributed by atoms with Crippen molar-refractivity contribution in [3.63, 3.8) is 0 Å². The van der Waals surface area contributed by atoms with E-state index in [1.54, 1.807) is 0 Å². The highest BCUT2D eigenvalue weighted by atomic mass is 16.5. The molecule has 0 aromatic heterocycles. The van der Waals surface area contributed by atoms with Gasteiger partial charge in [-0.2, -0.15) is 0 Å². The minimum Gasteiger partial charge on any atom is -0.398 e. The Labute approximate surface area is 118 Å². The topological polar surface area (TPSA) is 96.6 Å². The van der Waals surface area contributed by atoms with Crippen molar-refractivity contribution < 1.29 is 14.6 Å². The summed E-state index contributed by atoms with van der Waals surface area (Å²) in [4.78, 5) is 11.8. The lowest BCUT2D eigenvalue weighted by Crippen LogP contribution is -2.43. The van der Waals surface area contributed by atoms with Crippen molar-refractivity contribution in [3.8, 4) is 0 Å². The Morgan fingerprint density at radius 3 is 2.75 bits per heavy atom. The van der Waals surface area contributed by atoms with E-state index in [0.717, 1.165) is 18.4 Å². The number of hydrogen-bond acceptors (Lipinski definition) is 4. The van der Waals surface area contributed by atoms with Crippen LogP contribution in [-0.2, 0) is 10.3 Å². The summed E-state index contributed by atoms with van der Waals surface area (Å²) in [5, 5.41) is 14.3. The van der Waals surface area contributed by atoms with E-state index in [4.69, 9.17) is 15.6 Å². The molecule has 20 heavy (non-hydrogen) atoms. The SMILES string of the molecule is Nc1ccccc1C1(NC(=O)NCCOCCO)CC1. The number of urea groups is 1. The molecule has 5 N–H and O–H groups in total. The first-order chi connectivity index (χ1) is 9.68. The second-order valence-electron chi connectivity index (χ2n) is 4.89.